The van der Waals surface area contributed by atoms with Crippen LogP contribution in [0.5, 0.6) is 0 Å². The van der Waals surface area contributed by atoms with Crippen molar-refractivity contribution >= 4 is 55.0 Å². The highest BCUT2D eigenvalue weighted by atomic mass is 32.3. The summed E-state index contributed by atoms with van der Waals surface area (Å²) in [4.78, 5) is -0.157. The van der Waals surface area contributed by atoms with Gasteiger partial charge in [-0.15, -0.1) is 14.6 Å². The number of nitrogens with zero attached hydrogens (tertiary/aromatic N) is 2. The van der Waals surface area contributed by atoms with E-state index < -0.39 is 32.6 Å². The van der Waals surface area contributed by atoms with E-state index in [2.05, 4.69) is 23.8 Å². The van der Waals surface area contributed by atoms with Crippen LogP contribution >= 0.6 is 12.0 Å². The summed E-state index contributed by atoms with van der Waals surface area (Å²) in [6.07, 6.45) is 0. The lowest BCUT2D eigenvalue weighted by molar-refractivity contribution is -0.432. The molecule has 0 atom stereocenters. The molecule has 0 heterocycles. The summed E-state index contributed by atoms with van der Waals surface area (Å²) in [6, 6.07) is 8.18. The third-order valence-corrected chi connectivity index (χ3v) is 6.12. The van der Waals surface area contributed by atoms with Gasteiger partial charge in [0.15, 0.2) is 9.84 Å². The molecule has 2 rings (SSSR count). The van der Waals surface area contributed by atoms with Crippen LogP contribution in [0.1, 0.15) is 0 Å². The molecule has 0 radical (unpaired) electrons. The predicted octanol–water partition coefficient (Wildman–Crippen LogP) is 2.29. The van der Waals surface area contributed by atoms with Crippen molar-refractivity contribution in [2.75, 3.05) is 23.8 Å². The minimum Gasteiger partial charge on any atom is -0.399 e. The van der Waals surface area contributed by atoms with Crippen molar-refractivity contribution in [2.24, 2.45) is 10.2 Å². The van der Waals surface area contributed by atoms with E-state index in [0.29, 0.717) is 23.4 Å². The van der Waals surface area contributed by atoms with E-state index in [0.717, 1.165) is 6.07 Å². The van der Waals surface area contributed by atoms with Gasteiger partial charge in [0.2, 0.25) is 0 Å². The Morgan fingerprint density at radius 3 is 2.30 bits per heavy atom. The Bertz CT molecular complexity index is 1140. The highest BCUT2D eigenvalue weighted by molar-refractivity contribution is 7.95. The predicted molar refractivity (Wildman–Crippen MR) is 106 cm³/mol. The van der Waals surface area contributed by atoms with E-state index in [-0.39, 0.29) is 21.2 Å². The molecule has 0 bridgehead atoms. The van der Waals surface area contributed by atoms with E-state index in [9.17, 15) is 16.8 Å². The first kappa shape index (κ1) is 24.0. The molecule has 0 unspecified atom stereocenters. The maximum atomic E-state index is 12.3. The minimum absolute atomic E-state index is 0.0820. The first-order valence-electron chi connectivity index (χ1n) is 7.72. The number of benzene rings is 2. The van der Waals surface area contributed by atoms with Gasteiger partial charge in [-0.3, -0.25) is 4.55 Å². The molecule has 0 aliphatic rings. The van der Waals surface area contributed by atoms with Gasteiger partial charge in [0, 0.05) is 5.69 Å². The molecule has 0 aliphatic heterocycles. The molecule has 0 aromatic heterocycles. The number of nitrogen functional groups attached to an aromatic ring is 2. The van der Waals surface area contributed by atoms with E-state index in [1.54, 1.807) is 6.07 Å². The Balaban J connectivity index is 2.30. The van der Waals surface area contributed by atoms with Crippen molar-refractivity contribution in [1.29, 1.82) is 0 Å². The lowest BCUT2D eigenvalue weighted by Gasteiger charge is -2.08. The molecule has 13 nitrogen and oxygen atoms in total. The monoisotopic (exact) mass is 480 g/mol. The first-order chi connectivity index (χ1) is 14.0. The Morgan fingerprint density at radius 1 is 1.00 bits per heavy atom. The first-order valence-corrected chi connectivity index (χ1v) is 11.5. The highest BCUT2D eigenvalue weighted by Crippen LogP contribution is 2.35. The molecular formula is C14H16N4O9S3. The zero-order valence-electron chi connectivity index (χ0n) is 14.9. The zero-order valence-corrected chi connectivity index (χ0v) is 17.4. The molecular weight excluding hydrogens is 464 g/mol. The maximum Gasteiger partial charge on any atom is 0.397 e. The van der Waals surface area contributed by atoms with Gasteiger partial charge < -0.3 is 11.5 Å². The van der Waals surface area contributed by atoms with Crippen LogP contribution in [0, 0.1) is 0 Å². The highest BCUT2D eigenvalue weighted by Gasteiger charge is 2.19. The van der Waals surface area contributed by atoms with E-state index >= 15 is 0 Å². The molecule has 2 aromatic carbocycles. The number of hydrogen-bond acceptors (Lipinski definition) is 13. The molecule has 16 heteroatoms. The van der Waals surface area contributed by atoms with Gasteiger partial charge >= 0.3 is 10.4 Å². The molecule has 0 fully saturated rings. The number of anilines is 2. The standard InChI is InChI=1S/C14H16N4O9S3/c15-9-1-3-12(11(16)7-9)17-18-13-4-2-10(8-14(13)28-27-26-19)29(20,21)6-5-25-30(22,23)24/h1-4,7-8,19H,5-6,15-16H2,(H,22,23,24). The lowest BCUT2D eigenvalue weighted by Crippen LogP contribution is -2.15. The van der Waals surface area contributed by atoms with Gasteiger partial charge in [-0.2, -0.15) is 8.42 Å². The molecule has 164 valence electrons. The molecule has 0 saturated carbocycles. The molecule has 2 aromatic rings. The fourth-order valence-electron chi connectivity index (χ4n) is 2.03. The van der Waals surface area contributed by atoms with Crippen LogP contribution in [0.2, 0.25) is 0 Å². The lowest BCUT2D eigenvalue weighted by atomic mass is 10.2. The molecule has 30 heavy (non-hydrogen) atoms. The van der Waals surface area contributed by atoms with Crippen molar-refractivity contribution in [2.45, 2.75) is 9.79 Å². The van der Waals surface area contributed by atoms with Crippen molar-refractivity contribution in [1.82, 2.24) is 0 Å². The number of azo groups is 1. The quantitative estimate of drug-likeness (QED) is 0.0962. The van der Waals surface area contributed by atoms with E-state index in [1.165, 1.54) is 24.3 Å². The van der Waals surface area contributed by atoms with Crippen molar-refractivity contribution in [3.8, 4) is 0 Å². The Kier molecular flexibility index (Phi) is 8.10. The molecule has 0 saturated heterocycles. The van der Waals surface area contributed by atoms with Crippen LogP contribution in [0.15, 0.2) is 56.4 Å². The van der Waals surface area contributed by atoms with Crippen LogP contribution < -0.4 is 11.5 Å². The summed E-state index contributed by atoms with van der Waals surface area (Å²) < 4.78 is 62.6. The van der Waals surface area contributed by atoms with Gasteiger partial charge in [0.05, 0.1) is 39.9 Å². The van der Waals surface area contributed by atoms with Gasteiger partial charge in [0.1, 0.15) is 11.4 Å². The Morgan fingerprint density at radius 2 is 1.67 bits per heavy atom. The second-order valence-corrected chi connectivity index (χ2v) is 9.39. The average molecular weight is 481 g/mol. The second-order valence-electron chi connectivity index (χ2n) is 5.44. The summed E-state index contributed by atoms with van der Waals surface area (Å²) >= 11 is 0.438. The summed E-state index contributed by atoms with van der Waals surface area (Å²) in [5, 5.41) is 19.8. The summed E-state index contributed by atoms with van der Waals surface area (Å²) in [5.74, 6) is -0.739. The van der Waals surface area contributed by atoms with Gasteiger partial charge in [-0.1, -0.05) is 5.04 Å². The second kappa shape index (κ2) is 10.1. The SMILES string of the molecule is Nc1ccc(N=Nc2ccc(S(=O)(=O)CCOS(=O)(=O)O)cc2SOOO)c(N)c1. The number of nitrogens with two attached hydrogens (primary N) is 2. The normalized spacial score (nSPS) is 12.5. The van der Waals surface area contributed by atoms with Crippen molar-refractivity contribution < 1.29 is 40.2 Å². The number of rotatable bonds is 10. The zero-order chi connectivity index (χ0) is 22.4. The third-order valence-electron chi connectivity index (χ3n) is 3.35. The van der Waals surface area contributed by atoms with Gasteiger partial charge in [0.25, 0.3) is 0 Å². The molecule has 0 aliphatic carbocycles. The maximum absolute atomic E-state index is 12.3. The summed E-state index contributed by atoms with van der Waals surface area (Å²) in [5.41, 5.74) is 12.5. The Hall–Kier alpha value is -2.31. The number of hydrogen-bond donors (Lipinski definition) is 4. The fourth-order valence-corrected chi connectivity index (χ4v) is 4.09. The summed E-state index contributed by atoms with van der Waals surface area (Å²) in [7, 11) is -8.78. The summed E-state index contributed by atoms with van der Waals surface area (Å²) in [6.45, 7) is -0.794. The van der Waals surface area contributed by atoms with Crippen molar-refractivity contribution in [3.63, 3.8) is 0 Å². The van der Waals surface area contributed by atoms with Gasteiger partial charge in [-0.05, 0) is 36.4 Å². The topological polar surface area (TPSA) is 213 Å². The fraction of sp³-hybridized carbons (Fsp3) is 0.143. The average Bonchev–Trinajstić information content (AvgIpc) is 2.64. The Labute approximate surface area is 175 Å². The molecule has 6 N–H and O–H groups in total. The van der Waals surface area contributed by atoms with Crippen molar-refractivity contribution in [3.05, 3.63) is 36.4 Å². The van der Waals surface area contributed by atoms with Crippen LogP contribution in [0.3, 0.4) is 0 Å². The molecule has 0 spiro atoms. The number of sulfone groups is 1. The van der Waals surface area contributed by atoms with Crippen LogP contribution in [-0.4, -0.2) is 39.0 Å². The van der Waals surface area contributed by atoms with E-state index in [4.69, 9.17) is 21.3 Å². The smallest absolute Gasteiger partial charge is 0.397 e. The van der Waals surface area contributed by atoms with Crippen LogP contribution in [-0.2, 0) is 33.8 Å². The molecule has 0 amide bonds. The largest absolute Gasteiger partial charge is 0.399 e. The van der Waals surface area contributed by atoms with Crippen LogP contribution in [0.4, 0.5) is 22.7 Å². The minimum atomic E-state index is -4.77. The van der Waals surface area contributed by atoms with Crippen LogP contribution in [0.25, 0.3) is 0 Å². The van der Waals surface area contributed by atoms with E-state index in [1.807, 2.05) is 0 Å². The van der Waals surface area contributed by atoms with Gasteiger partial charge in [-0.25, -0.2) is 17.9 Å². The third kappa shape index (κ3) is 7.18.